The third kappa shape index (κ3) is 4.25. The summed E-state index contributed by atoms with van der Waals surface area (Å²) in [7, 11) is 0. The number of nitrogens with zero attached hydrogens (tertiary/aromatic N) is 2. The van der Waals surface area contributed by atoms with E-state index >= 15 is 0 Å². The molecule has 0 unspecified atom stereocenters. The SMILES string of the molecule is CCCC(=O)NC[C@H]1[C@H]2C[C@H](CN(C(=O)c3cc[nH]c(=O)c3)C2)[C@@H]2CCCCN21. The normalized spacial score (nSPS) is 29.2. The van der Waals surface area contributed by atoms with E-state index in [1.165, 1.54) is 31.5 Å². The molecule has 7 nitrogen and oxygen atoms in total. The highest BCUT2D eigenvalue weighted by atomic mass is 16.2. The molecule has 7 heteroatoms. The van der Waals surface area contributed by atoms with Gasteiger partial charge in [0.1, 0.15) is 0 Å². The number of aromatic amines is 1. The van der Waals surface area contributed by atoms with Crippen molar-refractivity contribution in [3.05, 3.63) is 34.2 Å². The Morgan fingerprint density at radius 2 is 2.07 bits per heavy atom. The number of carbonyl (C=O) groups is 2. The second kappa shape index (κ2) is 8.69. The Morgan fingerprint density at radius 3 is 2.86 bits per heavy atom. The summed E-state index contributed by atoms with van der Waals surface area (Å²) in [5.41, 5.74) is 0.213. The molecule has 0 aliphatic carbocycles. The number of hydrogen-bond acceptors (Lipinski definition) is 4. The second-order valence-corrected chi connectivity index (χ2v) is 8.83. The molecule has 2 bridgehead atoms. The van der Waals surface area contributed by atoms with Crippen molar-refractivity contribution in [3.63, 3.8) is 0 Å². The molecule has 3 aliphatic heterocycles. The Hall–Kier alpha value is -2.15. The van der Waals surface area contributed by atoms with E-state index in [0.29, 0.717) is 43.0 Å². The van der Waals surface area contributed by atoms with Crippen molar-refractivity contribution in [1.82, 2.24) is 20.1 Å². The van der Waals surface area contributed by atoms with Gasteiger partial charge < -0.3 is 15.2 Å². The lowest BCUT2D eigenvalue weighted by molar-refractivity contribution is -0.122. The van der Waals surface area contributed by atoms with Gasteiger partial charge in [0, 0.05) is 56.0 Å². The van der Waals surface area contributed by atoms with Crippen LogP contribution in [-0.4, -0.2) is 64.9 Å². The fourth-order valence-corrected chi connectivity index (χ4v) is 5.65. The average molecular weight is 401 g/mol. The summed E-state index contributed by atoms with van der Waals surface area (Å²) < 4.78 is 0. The number of pyridine rings is 1. The van der Waals surface area contributed by atoms with E-state index < -0.39 is 0 Å². The van der Waals surface area contributed by atoms with Crippen LogP contribution < -0.4 is 10.9 Å². The molecule has 158 valence electrons. The fraction of sp³-hybridized carbons (Fsp3) is 0.682. The Labute approximate surface area is 171 Å². The van der Waals surface area contributed by atoms with Gasteiger partial charge in [0.25, 0.3) is 5.91 Å². The van der Waals surface area contributed by atoms with Gasteiger partial charge in [0.05, 0.1) is 0 Å². The molecule has 0 saturated carbocycles. The summed E-state index contributed by atoms with van der Waals surface area (Å²) in [6.07, 6.45) is 7.70. The van der Waals surface area contributed by atoms with E-state index in [0.717, 1.165) is 25.9 Å². The lowest BCUT2D eigenvalue weighted by Gasteiger charge is -2.56. The first-order chi connectivity index (χ1) is 14.1. The number of fused-ring (bicyclic) bond motifs is 4. The highest BCUT2D eigenvalue weighted by Crippen LogP contribution is 2.41. The van der Waals surface area contributed by atoms with E-state index in [2.05, 4.69) is 15.2 Å². The lowest BCUT2D eigenvalue weighted by Crippen LogP contribution is -2.66. The number of likely N-dealkylation sites (tertiary alicyclic amines) is 1. The number of H-pyrrole nitrogens is 1. The van der Waals surface area contributed by atoms with Gasteiger partial charge in [0.2, 0.25) is 11.5 Å². The van der Waals surface area contributed by atoms with Gasteiger partial charge in [0.15, 0.2) is 0 Å². The highest BCUT2D eigenvalue weighted by Gasteiger charge is 2.47. The van der Waals surface area contributed by atoms with Crippen molar-refractivity contribution < 1.29 is 9.59 Å². The van der Waals surface area contributed by atoms with Crippen LogP contribution >= 0.6 is 0 Å². The summed E-state index contributed by atoms with van der Waals surface area (Å²) in [6, 6.07) is 3.85. The van der Waals surface area contributed by atoms with Crippen LogP contribution in [0.15, 0.2) is 23.1 Å². The molecule has 0 spiro atoms. The maximum absolute atomic E-state index is 13.1. The predicted molar refractivity (Wildman–Crippen MR) is 111 cm³/mol. The zero-order chi connectivity index (χ0) is 20.4. The minimum Gasteiger partial charge on any atom is -0.355 e. The minimum atomic E-state index is -0.247. The predicted octanol–water partition coefficient (Wildman–Crippen LogP) is 1.61. The molecule has 3 saturated heterocycles. The largest absolute Gasteiger partial charge is 0.355 e. The molecule has 4 heterocycles. The molecule has 0 aromatic carbocycles. The Morgan fingerprint density at radius 1 is 1.24 bits per heavy atom. The van der Waals surface area contributed by atoms with Gasteiger partial charge in [-0.3, -0.25) is 19.3 Å². The average Bonchev–Trinajstić information content (AvgIpc) is 2.73. The Kier molecular flexibility index (Phi) is 6.04. The first-order valence-corrected chi connectivity index (χ1v) is 11.1. The van der Waals surface area contributed by atoms with E-state index in [4.69, 9.17) is 0 Å². The summed E-state index contributed by atoms with van der Waals surface area (Å²) >= 11 is 0. The van der Waals surface area contributed by atoms with Crippen LogP contribution in [0, 0.1) is 11.8 Å². The van der Waals surface area contributed by atoms with Gasteiger partial charge in [-0.25, -0.2) is 0 Å². The van der Waals surface area contributed by atoms with Gasteiger partial charge in [-0.1, -0.05) is 13.3 Å². The number of piperidine rings is 3. The topological polar surface area (TPSA) is 85.5 Å². The summed E-state index contributed by atoms with van der Waals surface area (Å²) in [5.74, 6) is 0.901. The van der Waals surface area contributed by atoms with Crippen molar-refractivity contribution in [2.75, 3.05) is 26.2 Å². The van der Waals surface area contributed by atoms with Crippen molar-refractivity contribution in [2.24, 2.45) is 11.8 Å². The second-order valence-electron chi connectivity index (χ2n) is 8.83. The fourth-order valence-electron chi connectivity index (χ4n) is 5.65. The summed E-state index contributed by atoms with van der Waals surface area (Å²) in [5, 5.41) is 3.14. The number of hydrogen-bond donors (Lipinski definition) is 2. The number of nitrogens with one attached hydrogen (secondary N) is 2. The number of aromatic nitrogens is 1. The quantitative estimate of drug-likeness (QED) is 0.786. The number of rotatable bonds is 5. The molecule has 29 heavy (non-hydrogen) atoms. The summed E-state index contributed by atoms with van der Waals surface area (Å²) in [6.45, 7) is 5.23. The van der Waals surface area contributed by atoms with Crippen LogP contribution in [0.25, 0.3) is 0 Å². The number of amides is 2. The molecule has 1 aromatic rings. The maximum atomic E-state index is 13.1. The van der Waals surface area contributed by atoms with Crippen molar-refractivity contribution in [1.29, 1.82) is 0 Å². The standard InChI is InChI=1S/C22H32N4O3/c1-2-5-20(27)24-12-19-17-10-16(18-6-3-4-9-26(18)19)13-25(14-17)22(29)15-7-8-23-21(28)11-15/h7-8,11,16-19H,2-6,9-10,12-14H2,1H3,(H,23,28)(H,24,27)/t16-,17+,18+,19+/m1/s1. The van der Waals surface area contributed by atoms with Crippen LogP contribution in [0.4, 0.5) is 0 Å². The van der Waals surface area contributed by atoms with Gasteiger partial charge in [-0.05, 0) is 50.1 Å². The molecule has 3 aliphatic rings. The highest BCUT2D eigenvalue weighted by molar-refractivity contribution is 5.94. The molecule has 2 N–H and O–H groups in total. The molecule has 1 aromatic heterocycles. The molecule has 2 amide bonds. The lowest BCUT2D eigenvalue weighted by atomic mass is 9.72. The minimum absolute atomic E-state index is 0.0520. The molecule has 4 atom stereocenters. The van der Waals surface area contributed by atoms with E-state index in [1.54, 1.807) is 6.07 Å². The molecule has 3 fully saturated rings. The van der Waals surface area contributed by atoms with E-state index in [1.807, 2.05) is 11.8 Å². The maximum Gasteiger partial charge on any atom is 0.254 e. The van der Waals surface area contributed by atoms with Crippen LogP contribution in [0.2, 0.25) is 0 Å². The first-order valence-electron chi connectivity index (χ1n) is 11.1. The Bertz CT molecular complexity index is 807. The first kappa shape index (κ1) is 20.1. The molecule has 0 radical (unpaired) electrons. The zero-order valence-electron chi connectivity index (χ0n) is 17.2. The number of carbonyl (C=O) groups excluding carboxylic acids is 2. The molecular weight excluding hydrogens is 368 g/mol. The molecule has 4 rings (SSSR count). The monoisotopic (exact) mass is 400 g/mol. The van der Waals surface area contributed by atoms with E-state index in [9.17, 15) is 14.4 Å². The van der Waals surface area contributed by atoms with Crippen LogP contribution in [-0.2, 0) is 4.79 Å². The van der Waals surface area contributed by atoms with Gasteiger partial charge in [-0.2, -0.15) is 0 Å². The third-order valence-corrected chi connectivity index (χ3v) is 6.92. The van der Waals surface area contributed by atoms with Gasteiger partial charge >= 0.3 is 0 Å². The van der Waals surface area contributed by atoms with Crippen LogP contribution in [0.5, 0.6) is 0 Å². The van der Waals surface area contributed by atoms with Crippen LogP contribution in [0.1, 0.15) is 55.8 Å². The van der Waals surface area contributed by atoms with Gasteiger partial charge in [-0.15, -0.1) is 0 Å². The Balaban J connectivity index is 1.52. The van der Waals surface area contributed by atoms with Crippen molar-refractivity contribution >= 4 is 11.8 Å². The summed E-state index contributed by atoms with van der Waals surface area (Å²) in [4.78, 5) is 44.0. The van der Waals surface area contributed by atoms with E-state index in [-0.39, 0.29) is 23.4 Å². The van der Waals surface area contributed by atoms with Crippen LogP contribution in [0.3, 0.4) is 0 Å². The molecular formula is C22H32N4O3. The van der Waals surface area contributed by atoms with Crippen molar-refractivity contribution in [3.8, 4) is 0 Å². The third-order valence-electron chi connectivity index (χ3n) is 6.92. The zero-order valence-corrected chi connectivity index (χ0v) is 17.2. The van der Waals surface area contributed by atoms with Crippen molar-refractivity contribution in [2.45, 2.75) is 57.5 Å². The smallest absolute Gasteiger partial charge is 0.254 e.